The van der Waals surface area contributed by atoms with Gasteiger partial charge in [-0.1, -0.05) is 182 Å². The summed E-state index contributed by atoms with van der Waals surface area (Å²) < 4.78 is 0. The van der Waals surface area contributed by atoms with Gasteiger partial charge in [0.1, 0.15) is 0 Å². The molecule has 0 amide bonds. The van der Waals surface area contributed by atoms with E-state index >= 15 is 0 Å². The van der Waals surface area contributed by atoms with E-state index in [0.29, 0.717) is 17.5 Å². The number of hydrogen-bond acceptors (Lipinski definition) is 3. The van der Waals surface area contributed by atoms with Gasteiger partial charge in [0.15, 0.2) is 17.5 Å². The maximum absolute atomic E-state index is 5.17. The van der Waals surface area contributed by atoms with Gasteiger partial charge < -0.3 is 0 Å². The lowest BCUT2D eigenvalue weighted by molar-refractivity contribution is 1.07. The van der Waals surface area contributed by atoms with E-state index in [9.17, 15) is 0 Å². The Bertz CT molecular complexity index is 3020. The van der Waals surface area contributed by atoms with Crippen LogP contribution in [0.1, 0.15) is 0 Å². The minimum Gasteiger partial charge on any atom is -0.208 e. The van der Waals surface area contributed by atoms with E-state index in [1.54, 1.807) is 0 Å². The van der Waals surface area contributed by atoms with Crippen molar-refractivity contribution in [1.82, 2.24) is 15.0 Å². The molecule has 0 bridgehead atoms. The highest BCUT2D eigenvalue weighted by Gasteiger charge is 2.16. The van der Waals surface area contributed by atoms with Crippen LogP contribution >= 0.6 is 0 Å². The van der Waals surface area contributed by atoms with E-state index in [2.05, 4.69) is 206 Å². The van der Waals surface area contributed by atoms with Gasteiger partial charge in [-0.05, 0) is 96.4 Å². The predicted octanol–water partition coefficient (Wildman–Crippen LogP) is 13.8. The van der Waals surface area contributed by atoms with Crippen molar-refractivity contribution in [2.45, 2.75) is 0 Å². The van der Waals surface area contributed by atoms with Gasteiger partial charge in [-0.3, -0.25) is 0 Å². The summed E-state index contributed by atoms with van der Waals surface area (Å²) in [4.78, 5) is 15.4. The Labute approximate surface area is 326 Å². The van der Waals surface area contributed by atoms with Crippen LogP contribution in [0.15, 0.2) is 212 Å². The lowest BCUT2D eigenvalue weighted by Crippen LogP contribution is -2.00. The van der Waals surface area contributed by atoms with Crippen molar-refractivity contribution in [3.05, 3.63) is 212 Å². The number of rotatable bonds is 7. The summed E-state index contributed by atoms with van der Waals surface area (Å²) >= 11 is 0. The molecule has 1 aromatic heterocycles. The van der Waals surface area contributed by atoms with E-state index in [4.69, 9.17) is 15.0 Å². The van der Waals surface area contributed by atoms with Crippen LogP contribution in [0.4, 0.5) is 0 Å². The average Bonchev–Trinajstić information content (AvgIpc) is 3.29. The summed E-state index contributed by atoms with van der Waals surface area (Å²) in [5.41, 5.74) is 12.0. The molecule has 0 aliphatic heterocycles. The smallest absolute Gasteiger partial charge is 0.164 e. The molecular formula is C53H35N3. The first-order valence-electron chi connectivity index (χ1n) is 18.9. The molecule has 0 spiro atoms. The molecule has 10 aromatic rings. The third kappa shape index (κ3) is 6.52. The van der Waals surface area contributed by atoms with Crippen molar-refractivity contribution >= 4 is 21.5 Å². The largest absolute Gasteiger partial charge is 0.208 e. The van der Waals surface area contributed by atoms with Crippen molar-refractivity contribution in [3.8, 4) is 78.7 Å². The summed E-state index contributed by atoms with van der Waals surface area (Å²) in [5.74, 6) is 1.89. The van der Waals surface area contributed by atoms with E-state index in [-0.39, 0.29) is 0 Å². The third-order valence-electron chi connectivity index (χ3n) is 10.5. The molecule has 1 heterocycles. The zero-order valence-electron chi connectivity index (χ0n) is 30.5. The van der Waals surface area contributed by atoms with Crippen LogP contribution in [0.2, 0.25) is 0 Å². The number of fused-ring (bicyclic) bond motifs is 2. The second-order valence-corrected chi connectivity index (χ2v) is 14.1. The summed E-state index contributed by atoms with van der Waals surface area (Å²) in [6, 6.07) is 74.9. The highest BCUT2D eigenvalue weighted by atomic mass is 15.0. The van der Waals surface area contributed by atoms with E-state index < -0.39 is 0 Å². The molecule has 0 atom stereocenters. The fourth-order valence-corrected chi connectivity index (χ4v) is 7.59. The number of benzene rings is 9. The maximum Gasteiger partial charge on any atom is 0.164 e. The molecule has 3 heteroatoms. The van der Waals surface area contributed by atoms with Crippen molar-refractivity contribution in [3.63, 3.8) is 0 Å². The Balaban J connectivity index is 1.11. The third-order valence-corrected chi connectivity index (χ3v) is 10.5. The van der Waals surface area contributed by atoms with Gasteiger partial charge in [0.05, 0.1) is 0 Å². The topological polar surface area (TPSA) is 38.7 Å². The molecule has 0 radical (unpaired) electrons. The second-order valence-electron chi connectivity index (χ2n) is 14.1. The van der Waals surface area contributed by atoms with Crippen LogP contribution in [-0.4, -0.2) is 15.0 Å². The minimum absolute atomic E-state index is 0.624. The zero-order chi connectivity index (χ0) is 37.3. The van der Waals surface area contributed by atoms with Crippen molar-refractivity contribution < 1.29 is 0 Å². The fraction of sp³-hybridized carbons (Fsp3) is 0. The quantitative estimate of drug-likeness (QED) is 0.165. The Kier molecular flexibility index (Phi) is 8.51. The van der Waals surface area contributed by atoms with E-state index in [1.165, 1.54) is 32.8 Å². The van der Waals surface area contributed by atoms with Gasteiger partial charge in [-0.25, -0.2) is 15.0 Å². The molecule has 0 saturated heterocycles. The van der Waals surface area contributed by atoms with Gasteiger partial charge in [-0.2, -0.15) is 0 Å². The van der Waals surface area contributed by atoms with Crippen LogP contribution in [0.25, 0.3) is 100 Å². The Morgan fingerprint density at radius 3 is 1.21 bits per heavy atom. The van der Waals surface area contributed by atoms with Crippen molar-refractivity contribution in [2.75, 3.05) is 0 Å². The summed E-state index contributed by atoms with van der Waals surface area (Å²) in [6.45, 7) is 0. The van der Waals surface area contributed by atoms with Crippen molar-refractivity contribution in [1.29, 1.82) is 0 Å². The fourth-order valence-electron chi connectivity index (χ4n) is 7.59. The normalized spacial score (nSPS) is 11.2. The summed E-state index contributed by atoms with van der Waals surface area (Å²) in [7, 11) is 0. The van der Waals surface area contributed by atoms with Gasteiger partial charge in [0.25, 0.3) is 0 Å². The number of hydrogen-bond donors (Lipinski definition) is 0. The van der Waals surface area contributed by atoms with Gasteiger partial charge >= 0.3 is 0 Å². The molecule has 0 aliphatic rings. The molecule has 10 rings (SSSR count). The van der Waals surface area contributed by atoms with Crippen LogP contribution in [0.3, 0.4) is 0 Å². The van der Waals surface area contributed by atoms with Gasteiger partial charge in [0, 0.05) is 16.7 Å². The molecule has 0 N–H and O–H groups in total. The number of nitrogens with zero attached hydrogens (tertiary/aromatic N) is 3. The molecular weight excluding hydrogens is 679 g/mol. The Hall–Kier alpha value is -7.49. The molecule has 0 unspecified atom stereocenters. The molecule has 9 aromatic carbocycles. The van der Waals surface area contributed by atoms with Gasteiger partial charge in [0.2, 0.25) is 0 Å². The highest BCUT2D eigenvalue weighted by Crippen LogP contribution is 2.38. The van der Waals surface area contributed by atoms with Crippen molar-refractivity contribution in [2.24, 2.45) is 0 Å². The monoisotopic (exact) mass is 713 g/mol. The molecule has 0 aliphatic carbocycles. The van der Waals surface area contributed by atoms with Crippen LogP contribution < -0.4 is 0 Å². The molecule has 3 nitrogen and oxygen atoms in total. The summed E-state index contributed by atoms with van der Waals surface area (Å²) in [6.07, 6.45) is 0. The lowest BCUT2D eigenvalue weighted by atomic mass is 9.90. The van der Waals surface area contributed by atoms with Crippen LogP contribution in [-0.2, 0) is 0 Å². The predicted molar refractivity (Wildman–Crippen MR) is 233 cm³/mol. The molecule has 0 saturated carbocycles. The minimum atomic E-state index is 0.624. The lowest BCUT2D eigenvalue weighted by Gasteiger charge is -2.15. The summed E-state index contributed by atoms with van der Waals surface area (Å²) in [5, 5.41) is 4.79. The first kappa shape index (κ1) is 33.1. The highest BCUT2D eigenvalue weighted by molar-refractivity contribution is 5.92. The van der Waals surface area contributed by atoms with Gasteiger partial charge in [-0.15, -0.1) is 0 Å². The first-order valence-corrected chi connectivity index (χ1v) is 18.9. The van der Waals surface area contributed by atoms with E-state index in [1.807, 2.05) is 6.07 Å². The van der Waals surface area contributed by atoms with Crippen LogP contribution in [0, 0.1) is 0 Å². The van der Waals surface area contributed by atoms with E-state index in [0.717, 1.165) is 49.9 Å². The first-order chi connectivity index (χ1) is 27.7. The second kappa shape index (κ2) is 14.4. The SMILES string of the molecule is c1ccc(-c2cccc(-c3nc(-c4cccc(-c5ccc(-c6ccc7ccccc7c6)cc5-c5ccccc5)c4)nc(-c4ccc5ccccc5c4)n3)c2)cc1. The molecule has 262 valence electrons. The standard InChI is InChI=1S/C53H35N3/c1-3-13-36(14-4-1)42-21-11-23-46(32-42)51-54-52(56-53(55-51)48-28-26-38-16-8-10-20-41(38)33-48)47-24-12-22-45(34-47)49-30-29-44(35-50(49)39-17-5-2-6-18-39)43-27-25-37-15-7-9-19-40(37)31-43/h1-35H. The molecule has 56 heavy (non-hydrogen) atoms. The maximum atomic E-state index is 5.17. The van der Waals surface area contributed by atoms with Crippen LogP contribution in [0.5, 0.6) is 0 Å². The Morgan fingerprint density at radius 1 is 0.196 bits per heavy atom. The number of aromatic nitrogens is 3. The zero-order valence-corrected chi connectivity index (χ0v) is 30.5. The Morgan fingerprint density at radius 2 is 0.589 bits per heavy atom. The average molecular weight is 714 g/mol. The molecule has 0 fully saturated rings.